The van der Waals surface area contributed by atoms with E-state index in [2.05, 4.69) is 41.0 Å². The molecule has 4 rings (SSSR count). The molecule has 0 atom stereocenters. The van der Waals surface area contributed by atoms with Crippen molar-refractivity contribution in [1.29, 1.82) is 0 Å². The van der Waals surface area contributed by atoms with Crippen LogP contribution in [0, 0.1) is 6.92 Å². The molecule has 0 spiro atoms. The van der Waals surface area contributed by atoms with Crippen LogP contribution in [0.25, 0.3) is 11.0 Å². The molecule has 1 saturated heterocycles. The van der Waals surface area contributed by atoms with Gasteiger partial charge in [-0.1, -0.05) is 29.8 Å². The number of fused-ring (bicyclic) bond motifs is 1. The summed E-state index contributed by atoms with van der Waals surface area (Å²) < 4.78 is 10.7. The molecule has 1 fully saturated rings. The predicted molar refractivity (Wildman–Crippen MR) is 111 cm³/mol. The molecule has 1 aliphatic rings. The van der Waals surface area contributed by atoms with Gasteiger partial charge in [-0.2, -0.15) is 0 Å². The molecule has 0 amide bonds. The SMILES string of the molecule is COc1ccc2oc(=O)cc(CN3CCN(Cc4ccc(C)cc4)CC3)c2c1. The van der Waals surface area contributed by atoms with Crippen molar-refractivity contribution in [1.82, 2.24) is 9.80 Å². The number of piperazine rings is 1. The molecule has 0 N–H and O–H groups in total. The van der Waals surface area contributed by atoms with Crippen LogP contribution in [0.1, 0.15) is 16.7 Å². The van der Waals surface area contributed by atoms with Crippen molar-refractivity contribution in [2.75, 3.05) is 33.3 Å². The average Bonchev–Trinajstić information content (AvgIpc) is 2.71. The summed E-state index contributed by atoms with van der Waals surface area (Å²) in [6, 6.07) is 16.0. The van der Waals surface area contributed by atoms with E-state index in [1.807, 2.05) is 12.1 Å². The highest BCUT2D eigenvalue weighted by atomic mass is 16.5. The van der Waals surface area contributed by atoms with E-state index in [9.17, 15) is 4.79 Å². The zero-order valence-electron chi connectivity index (χ0n) is 16.5. The van der Waals surface area contributed by atoms with Crippen LogP contribution in [0.3, 0.4) is 0 Å². The Morgan fingerprint density at radius 1 is 0.929 bits per heavy atom. The minimum atomic E-state index is -0.300. The molecule has 0 aliphatic carbocycles. The zero-order valence-corrected chi connectivity index (χ0v) is 16.5. The fourth-order valence-corrected chi connectivity index (χ4v) is 3.76. The third kappa shape index (κ3) is 4.26. The monoisotopic (exact) mass is 378 g/mol. The maximum Gasteiger partial charge on any atom is 0.336 e. The lowest BCUT2D eigenvalue weighted by atomic mass is 10.1. The number of methoxy groups -OCH3 is 1. The van der Waals surface area contributed by atoms with Gasteiger partial charge in [0.05, 0.1) is 7.11 Å². The van der Waals surface area contributed by atoms with E-state index in [0.29, 0.717) is 5.58 Å². The summed E-state index contributed by atoms with van der Waals surface area (Å²) in [5.41, 5.74) is 3.96. The maximum absolute atomic E-state index is 12.0. The van der Waals surface area contributed by atoms with Gasteiger partial charge in [0.1, 0.15) is 11.3 Å². The fraction of sp³-hybridized carbons (Fsp3) is 0.348. The summed E-state index contributed by atoms with van der Waals surface area (Å²) >= 11 is 0. The summed E-state index contributed by atoms with van der Waals surface area (Å²) in [6.07, 6.45) is 0. The maximum atomic E-state index is 12.0. The van der Waals surface area contributed by atoms with Gasteiger partial charge in [-0.3, -0.25) is 9.80 Å². The van der Waals surface area contributed by atoms with Gasteiger partial charge in [-0.15, -0.1) is 0 Å². The number of hydrogen-bond donors (Lipinski definition) is 0. The first-order valence-electron chi connectivity index (χ1n) is 9.72. The molecular weight excluding hydrogens is 352 g/mol. The standard InChI is InChI=1S/C23H26N2O3/c1-17-3-5-18(6-4-17)15-24-9-11-25(12-10-24)16-19-13-23(26)28-22-8-7-20(27-2)14-21(19)22/h3-8,13-14H,9-12,15-16H2,1-2H3. The molecule has 2 aromatic carbocycles. The molecule has 5 heteroatoms. The Labute approximate surface area is 165 Å². The second-order valence-electron chi connectivity index (χ2n) is 7.49. The Hall–Kier alpha value is -2.63. The Morgan fingerprint density at radius 2 is 1.61 bits per heavy atom. The van der Waals surface area contributed by atoms with Crippen molar-refractivity contribution in [3.63, 3.8) is 0 Å². The summed E-state index contributed by atoms with van der Waals surface area (Å²) in [7, 11) is 1.65. The van der Waals surface area contributed by atoms with Crippen LogP contribution in [0.2, 0.25) is 0 Å². The number of rotatable bonds is 5. The van der Waals surface area contributed by atoms with Gasteiger partial charge in [0.25, 0.3) is 0 Å². The fourth-order valence-electron chi connectivity index (χ4n) is 3.76. The van der Waals surface area contributed by atoms with E-state index >= 15 is 0 Å². The van der Waals surface area contributed by atoms with Crippen molar-refractivity contribution in [2.24, 2.45) is 0 Å². The van der Waals surface area contributed by atoms with Crippen molar-refractivity contribution in [3.05, 3.63) is 75.6 Å². The topological polar surface area (TPSA) is 45.9 Å². The minimum Gasteiger partial charge on any atom is -0.497 e. The largest absolute Gasteiger partial charge is 0.497 e. The number of hydrogen-bond acceptors (Lipinski definition) is 5. The van der Waals surface area contributed by atoms with E-state index in [1.165, 1.54) is 11.1 Å². The van der Waals surface area contributed by atoms with Crippen LogP contribution < -0.4 is 10.4 Å². The Balaban J connectivity index is 1.43. The average molecular weight is 378 g/mol. The quantitative estimate of drug-likeness (QED) is 0.637. The van der Waals surface area contributed by atoms with E-state index in [-0.39, 0.29) is 5.63 Å². The van der Waals surface area contributed by atoms with E-state index in [0.717, 1.165) is 56.0 Å². The van der Waals surface area contributed by atoms with Crippen LogP contribution in [-0.2, 0) is 13.1 Å². The molecule has 1 aromatic heterocycles. The highest BCUT2D eigenvalue weighted by Crippen LogP contribution is 2.24. The van der Waals surface area contributed by atoms with Gasteiger partial charge in [0.15, 0.2) is 0 Å². The zero-order chi connectivity index (χ0) is 19.5. The lowest BCUT2D eigenvalue weighted by Crippen LogP contribution is -2.45. The molecule has 5 nitrogen and oxygen atoms in total. The first kappa shape index (κ1) is 18.7. The molecule has 2 heterocycles. The van der Waals surface area contributed by atoms with Crippen molar-refractivity contribution >= 4 is 11.0 Å². The van der Waals surface area contributed by atoms with Crippen molar-refractivity contribution in [3.8, 4) is 5.75 Å². The minimum absolute atomic E-state index is 0.300. The molecule has 28 heavy (non-hydrogen) atoms. The molecular formula is C23H26N2O3. The molecule has 0 unspecified atom stereocenters. The van der Waals surface area contributed by atoms with Crippen LogP contribution in [0.5, 0.6) is 5.75 Å². The Kier molecular flexibility index (Phi) is 5.46. The number of aryl methyl sites for hydroxylation is 1. The lowest BCUT2D eigenvalue weighted by Gasteiger charge is -2.34. The Bertz CT molecular complexity index is 1000. The Morgan fingerprint density at radius 3 is 2.29 bits per heavy atom. The molecule has 0 bridgehead atoms. The first-order chi connectivity index (χ1) is 13.6. The normalized spacial score (nSPS) is 15.8. The number of benzene rings is 2. The highest BCUT2D eigenvalue weighted by molar-refractivity contribution is 5.81. The van der Waals surface area contributed by atoms with Gasteiger partial charge < -0.3 is 9.15 Å². The van der Waals surface area contributed by atoms with Crippen LogP contribution >= 0.6 is 0 Å². The van der Waals surface area contributed by atoms with Crippen molar-refractivity contribution < 1.29 is 9.15 Å². The molecule has 146 valence electrons. The van der Waals surface area contributed by atoms with E-state index in [1.54, 1.807) is 19.2 Å². The van der Waals surface area contributed by atoms with Crippen LogP contribution in [-0.4, -0.2) is 43.1 Å². The summed E-state index contributed by atoms with van der Waals surface area (Å²) in [4.78, 5) is 16.8. The van der Waals surface area contributed by atoms with Crippen LogP contribution in [0.15, 0.2) is 57.7 Å². The predicted octanol–water partition coefficient (Wildman–Crippen LogP) is 3.43. The van der Waals surface area contributed by atoms with Crippen molar-refractivity contribution in [2.45, 2.75) is 20.0 Å². The van der Waals surface area contributed by atoms with Gasteiger partial charge in [-0.05, 0) is 36.2 Å². The molecule has 0 radical (unpaired) electrons. The number of nitrogens with zero attached hydrogens (tertiary/aromatic N) is 2. The highest BCUT2D eigenvalue weighted by Gasteiger charge is 2.18. The third-order valence-electron chi connectivity index (χ3n) is 5.42. The van der Waals surface area contributed by atoms with Gasteiger partial charge in [0, 0.05) is 50.7 Å². The molecule has 3 aromatic rings. The van der Waals surface area contributed by atoms with Gasteiger partial charge in [0.2, 0.25) is 0 Å². The van der Waals surface area contributed by atoms with Crippen LogP contribution in [0.4, 0.5) is 0 Å². The second-order valence-corrected chi connectivity index (χ2v) is 7.49. The molecule has 0 saturated carbocycles. The van der Waals surface area contributed by atoms with Gasteiger partial charge >= 0.3 is 5.63 Å². The summed E-state index contributed by atoms with van der Waals surface area (Å²) in [5.74, 6) is 0.769. The lowest BCUT2D eigenvalue weighted by molar-refractivity contribution is 0.122. The van der Waals surface area contributed by atoms with E-state index in [4.69, 9.17) is 9.15 Å². The summed E-state index contributed by atoms with van der Waals surface area (Å²) in [5, 5.41) is 0.945. The second kappa shape index (κ2) is 8.17. The molecule has 1 aliphatic heterocycles. The summed E-state index contributed by atoms with van der Waals surface area (Å²) in [6.45, 7) is 7.87. The smallest absolute Gasteiger partial charge is 0.336 e. The first-order valence-corrected chi connectivity index (χ1v) is 9.72. The van der Waals surface area contributed by atoms with E-state index < -0.39 is 0 Å². The van der Waals surface area contributed by atoms with Gasteiger partial charge in [-0.25, -0.2) is 4.79 Å². The number of ether oxygens (including phenoxy) is 1. The third-order valence-corrected chi connectivity index (χ3v) is 5.42.